The summed E-state index contributed by atoms with van der Waals surface area (Å²) in [7, 11) is 0.472. The number of hydrogen-bond acceptors (Lipinski definition) is 4. The minimum Gasteiger partial charge on any atom is -0.351 e. The van der Waals surface area contributed by atoms with Gasteiger partial charge >= 0.3 is 0 Å². The first kappa shape index (κ1) is 18.1. The van der Waals surface area contributed by atoms with Crippen molar-refractivity contribution in [3.05, 3.63) is 28.8 Å². The van der Waals surface area contributed by atoms with Crippen LogP contribution in [-0.4, -0.2) is 36.6 Å². The van der Waals surface area contributed by atoms with Gasteiger partial charge in [-0.1, -0.05) is 6.92 Å². The summed E-state index contributed by atoms with van der Waals surface area (Å²) in [6, 6.07) is 2.69. The first-order valence-corrected chi connectivity index (χ1v) is 10.2. The highest BCUT2D eigenvalue weighted by Crippen LogP contribution is 2.22. The van der Waals surface area contributed by atoms with Gasteiger partial charge in [0.25, 0.3) is 15.0 Å². The molecule has 0 aliphatic rings. The van der Waals surface area contributed by atoms with Crippen LogP contribution < -0.4 is 5.32 Å². The summed E-state index contributed by atoms with van der Waals surface area (Å²) in [5.41, 5.74) is 1.61. The fourth-order valence-electron chi connectivity index (χ4n) is 1.72. The van der Waals surface area contributed by atoms with Gasteiger partial charge < -0.3 is 5.32 Å². The van der Waals surface area contributed by atoms with Gasteiger partial charge in [-0.05, 0) is 37.1 Å². The monoisotopic (exact) mass is 351 g/mol. The molecule has 0 saturated carbocycles. The van der Waals surface area contributed by atoms with Gasteiger partial charge in [-0.2, -0.15) is 0 Å². The topological polar surface area (TPSA) is 80.3 Å². The van der Waals surface area contributed by atoms with Crippen LogP contribution in [0.5, 0.6) is 0 Å². The lowest BCUT2D eigenvalue weighted by Gasteiger charge is -2.11. The third-order valence-corrected chi connectivity index (χ3v) is 5.74. The van der Waals surface area contributed by atoms with Crippen molar-refractivity contribution < 1.29 is 17.4 Å². The van der Waals surface area contributed by atoms with Crippen LogP contribution in [0, 0.1) is 13.8 Å². The molecule has 1 unspecified atom stereocenters. The Hall–Kier alpha value is -0.920. The minimum atomic E-state index is -3.89. The number of amides is 1. The van der Waals surface area contributed by atoms with Gasteiger partial charge in [-0.3, -0.25) is 9.00 Å². The number of aryl methyl sites for hydroxylation is 1. The van der Waals surface area contributed by atoms with Gasteiger partial charge in [0.1, 0.15) is 0 Å². The molecule has 0 aromatic heterocycles. The smallest absolute Gasteiger partial charge is 0.261 e. The summed E-state index contributed by atoms with van der Waals surface area (Å²) in [6.07, 6.45) is 0. The van der Waals surface area contributed by atoms with Crippen molar-refractivity contribution >= 4 is 36.4 Å². The lowest BCUT2D eigenvalue weighted by Crippen LogP contribution is -2.28. The van der Waals surface area contributed by atoms with Gasteiger partial charge in [-0.15, -0.1) is 0 Å². The molecule has 1 aromatic carbocycles. The second kappa shape index (κ2) is 7.38. The van der Waals surface area contributed by atoms with Gasteiger partial charge in [0.05, 0.1) is 4.90 Å². The summed E-state index contributed by atoms with van der Waals surface area (Å²) in [5.74, 6) is 0.507. The maximum Gasteiger partial charge on any atom is 0.261 e. The van der Waals surface area contributed by atoms with Crippen molar-refractivity contribution in [3.8, 4) is 0 Å². The van der Waals surface area contributed by atoms with Gasteiger partial charge in [0.15, 0.2) is 0 Å². The second-order valence-electron chi connectivity index (χ2n) is 4.54. The van der Waals surface area contributed by atoms with Crippen molar-refractivity contribution in [1.82, 2.24) is 5.32 Å². The van der Waals surface area contributed by atoms with E-state index in [1.807, 2.05) is 0 Å². The van der Waals surface area contributed by atoms with E-state index in [0.717, 1.165) is 0 Å². The summed E-state index contributed by atoms with van der Waals surface area (Å²) in [5, 5.41) is 2.64. The van der Waals surface area contributed by atoms with Crippen LogP contribution in [0.3, 0.4) is 0 Å². The number of benzene rings is 1. The lowest BCUT2D eigenvalue weighted by atomic mass is 10.0. The first-order chi connectivity index (χ1) is 9.66. The van der Waals surface area contributed by atoms with Gasteiger partial charge in [0, 0.05) is 45.1 Å². The van der Waals surface area contributed by atoms with Crippen LogP contribution in [0.15, 0.2) is 17.0 Å². The third kappa shape index (κ3) is 5.09. The number of halogens is 1. The average Bonchev–Trinajstić information content (AvgIpc) is 2.39. The predicted molar refractivity (Wildman–Crippen MR) is 84.8 cm³/mol. The molecule has 0 fully saturated rings. The highest BCUT2D eigenvalue weighted by atomic mass is 35.7. The third-order valence-electron chi connectivity index (χ3n) is 3.10. The van der Waals surface area contributed by atoms with Gasteiger partial charge in [-0.25, -0.2) is 8.42 Å². The van der Waals surface area contributed by atoms with E-state index in [0.29, 0.717) is 22.6 Å². The Bertz CT molecular complexity index is 671. The number of hydrogen-bond donors (Lipinski definition) is 1. The molecular formula is C13H18ClNO4S2. The number of carbonyl (C=O) groups is 1. The van der Waals surface area contributed by atoms with E-state index in [1.54, 1.807) is 20.8 Å². The SMILES string of the molecule is CCS(=O)CCNC(=O)c1cc(S(=O)(=O)Cl)cc(C)c1C. The van der Waals surface area contributed by atoms with E-state index in [2.05, 4.69) is 5.32 Å². The normalized spacial score (nSPS) is 13.0. The molecule has 21 heavy (non-hydrogen) atoms. The highest BCUT2D eigenvalue weighted by Gasteiger charge is 2.17. The zero-order chi connectivity index (χ0) is 16.2. The van der Waals surface area contributed by atoms with E-state index < -0.39 is 25.8 Å². The van der Waals surface area contributed by atoms with Crippen LogP contribution >= 0.6 is 10.7 Å². The Morgan fingerprint density at radius 3 is 2.48 bits per heavy atom. The Balaban J connectivity index is 2.99. The Kier molecular flexibility index (Phi) is 6.37. The molecule has 0 saturated heterocycles. The molecule has 118 valence electrons. The molecular weight excluding hydrogens is 334 g/mol. The Labute approximate surface area is 132 Å². The quantitative estimate of drug-likeness (QED) is 0.791. The predicted octanol–water partition coefficient (Wildman–Crippen LogP) is 1.73. The first-order valence-electron chi connectivity index (χ1n) is 6.36. The van der Waals surface area contributed by atoms with Crippen LogP contribution in [-0.2, 0) is 19.9 Å². The fraction of sp³-hybridized carbons (Fsp3) is 0.462. The van der Waals surface area contributed by atoms with E-state index >= 15 is 0 Å². The molecule has 0 bridgehead atoms. The average molecular weight is 352 g/mol. The molecule has 0 aliphatic carbocycles. The number of rotatable bonds is 6. The van der Waals surface area contributed by atoms with E-state index in [-0.39, 0.29) is 17.0 Å². The highest BCUT2D eigenvalue weighted by molar-refractivity contribution is 8.13. The van der Waals surface area contributed by atoms with Gasteiger partial charge in [0.2, 0.25) is 0 Å². The van der Waals surface area contributed by atoms with Crippen LogP contribution in [0.25, 0.3) is 0 Å². The van der Waals surface area contributed by atoms with Crippen LogP contribution in [0.2, 0.25) is 0 Å². The zero-order valence-electron chi connectivity index (χ0n) is 12.1. The maximum absolute atomic E-state index is 12.1. The number of carbonyl (C=O) groups excluding carboxylic acids is 1. The zero-order valence-corrected chi connectivity index (χ0v) is 14.5. The molecule has 1 N–H and O–H groups in total. The second-order valence-corrected chi connectivity index (χ2v) is 8.97. The van der Waals surface area contributed by atoms with Crippen molar-refractivity contribution in [2.75, 3.05) is 18.1 Å². The van der Waals surface area contributed by atoms with Crippen LogP contribution in [0.4, 0.5) is 0 Å². The molecule has 0 aliphatic heterocycles. The Morgan fingerprint density at radius 2 is 1.95 bits per heavy atom. The molecule has 0 spiro atoms. The summed E-state index contributed by atoms with van der Waals surface area (Å²) in [4.78, 5) is 12.0. The summed E-state index contributed by atoms with van der Waals surface area (Å²) >= 11 is 0. The maximum atomic E-state index is 12.1. The standard InChI is InChI=1S/C13H18ClNO4S2/c1-4-20(17)6-5-15-13(16)12-8-11(21(14,18)19)7-9(2)10(12)3/h7-8H,4-6H2,1-3H3,(H,15,16). The van der Waals surface area contributed by atoms with Crippen molar-refractivity contribution in [1.29, 1.82) is 0 Å². The largest absolute Gasteiger partial charge is 0.351 e. The molecule has 1 atom stereocenters. The molecule has 8 heteroatoms. The fourth-order valence-corrected chi connectivity index (χ4v) is 3.18. The van der Waals surface area contributed by atoms with Crippen molar-refractivity contribution in [2.45, 2.75) is 25.7 Å². The molecule has 0 radical (unpaired) electrons. The lowest BCUT2D eigenvalue weighted by molar-refractivity contribution is 0.0955. The van der Waals surface area contributed by atoms with Crippen molar-refractivity contribution in [2.24, 2.45) is 0 Å². The molecule has 5 nitrogen and oxygen atoms in total. The molecule has 1 aromatic rings. The van der Waals surface area contributed by atoms with Crippen LogP contribution in [0.1, 0.15) is 28.4 Å². The summed E-state index contributed by atoms with van der Waals surface area (Å²) < 4.78 is 34.1. The Morgan fingerprint density at radius 1 is 1.33 bits per heavy atom. The van der Waals surface area contributed by atoms with E-state index in [1.165, 1.54) is 12.1 Å². The van der Waals surface area contributed by atoms with Crippen molar-refractivity contribution in [3.63, 3.8) is 0 Å². The summed E-state index contributed by atoms with van der Waals surface area (Å²) in [6.45, 7) is 5.53. The van der Waals surface area contributed by atoms with E-state index in [9.17, 15) is 17.4 Å². The number of nitrogens with one attached hydrogen (secondary N) is 1. The minimum absolute atomic E-state index is 0.102. The molecule has 1 rings (SSSR count). The van der Waals surface area contributed by atoms with E-state index in [4.69, 9.17) is 10.7 Å². The molecule has 0 heterocycles. The molecule has 1 amide bonds.